The predicted molar refractivity (Wildman–Crippen MR) is 106 cm³/mol. The molecule has 1 aromatic carbocycles. The number of carbonyl (C=O) groups is 2. The summed E-state index contributed by atoms with van der Waals surface area (Å²) in [7, 11) is 1.57. The maximum Gasteiger partial charge on any atom is 0.257 e. The number of amides is 2. The average molecular weight is 388 g/mol. The van der Waals surface area contributed by atoms with Crippen molar-refractivity contribution in [2.45, 2.75) is 13.3 Å². The van der Waals surface area contributed by atoms with Crippen molar-refractivity contribution < 1.29 is 14.3 Å². The standard InChI is InChI=1S/C19H24N4O3S/c1-14-13-27-19(20-14)23-9-3-8-22(10-11-23)12-17(24)21-18(25)15-4-6-16(26-2)7-5-15/h4-7,13H,3,8-12H2,1-2H3,(H,21,24,25). The Morgan fingerprint density at radius 3 is 2.63 bits per heavy atom. The molecule has 7 nitrogen and oxygen atoms in total. The van der Waals surface area contributed by atoms with Gasteiger partial charge in [0, 0.05) is 37.1 Å². The summed E-state index contributed by atoms with van der Waals surface area (Å²) in [6.45, 7) is 5.55. The van der Waals surface area contributed by atoms with Crippen molar-refractivity contribution in [3.63, 3.8) is 0 Å². The largest absolute Gasteiger partial charge is 0.497 e. The molecular formula is C19H24N4O3S. The van der Waals surface area contributed by atoms with Crippen LogP contribution in [0.25, 0.3) is 0 Å². The monoisotopic (exact) mass is 388 g/mol. The highest BCUT2D eigenvalue weighted by atomic mass is 32.1. The topological polar surface area (TPSA) is 74.8 Å². The number of carbonyl (C=O) groups excluding carboxylic acids is 2. The SMILES string of the molecule is COc1ccc(C(=O)NC(=O)CN2CCCN(c3nc(C)cs3)CC2)cc1. The van der Waals surface area contributed by atoms with Gasteiger partial charge in [0.2, 0.25) is 5.91 Å². The molecule has 0 atom stereocenters. The number of aryl methyl sites for hydroxylation is 1. The van der Waals surface area contributed by atoms with Gasteiger partial charge >= 0.3 is 0 Å². The van der Waals surface area contributed by atoms with Crippen LogP contribution in [-0.4, -0.2) is 61.5 Å². The van der Waals surface area contributed by atoms with Gasteiger partial charge in [0.25, 0.3) is 5.91 Å². The van der Waals surface area contributed by atoms with Crippen molar-refractivity contribution >= 4 is 28.3 Å². The van der Waals surface area contributed by atoms with E-state index < -0.39 is 5.91 Å². The van der Waals surface area contributed by atoms with Crippen LogP contribution >= 0.6 is 11.3 Å². The number of anilines is 1. The van der Waals surface area contributed by atoms with Gasteiger partial charge in [-0.15, -0.1) is 11.3 Å². The fraction of sp³-hybridized carbons (Fsp3) is 0.421. The average Bonchev–Trinajstić information content (AvgIpc) is 2.96. The van der Waals surface area contributed by atoms with E-state index in [4.69, 9.17) is 4.74 Å². The molecule has 3 rings (SSSR count). The molecule has 1 aliphatic rings. The van der Waals surface area contributed by atoms with E-state index >= 15 is 0 Å². The van der Waals surface area contributed by atoms with Crippen molar-refractivity contribution in [3.05, 3.63) is 40.9 Å². The van der Waals surface area contributed by atoms with Crippen LogP contribution in [-0.2, 0) is 4.79 Å². The summed E-state index contributed by atoms with van der Waals surface area (Å²) in [6.07, 6.45) is 0.957. The summed E-state index contributed by atoms with van der Waals surface area (Å²) >= 11 is 1.65. The molecule has 2 aromatic rings. The van der Waals surface area contributed by atoms with Crippen LogP contribution in [0.3, 0.4) is 0 Å². The van der Waals surface area contributed by atoms with Gasteiger partial charge in [-0.3, -0.25) is 19.8 Å². The van der Waals surface area contributed by atoms with E-state index in [1.807, 2.05) is 6.92 Å². The lowest BCUT2D eigenvalue weighted by atomic mass is 10.2. The Morgan fingerprint density at radius 2 is 1.96 bits per heavy atom. The molecule has 27 heavy (non-hydrogen) atoms. The first-order chi connectivity index (χ1) is 13.0. The lowest BCUT2D eigenvalue weighted by Crippen LogP contribution is -2.41. The molecule has 0 unspecified atom stereocenters. The Labute approximate surface area is 162 Å². The molecule has 0 radical (unpaired) electrons. The first kappa shape index (κ1) is 19.3. The number of nitrogens with zero attached hydrogens (tertiary/aromatic N) is 3. The second-order valence-corrected chi connectivity index (χ2v) is 7.33. The number of thiazole rings is 1. The van der Waals surface area contributed by atoms with E-state index in [9.17, 15) is 9.59 Å². The van der Waals surface area contributed by atoms with E-state index in [0.29, 0.717) is 11.3 Å². The van der Waals surface area contributed by atoms with Crippen LogP contribution in [0.1, 0.15) is 22.5 Å². The second-order valence-electron chi connectivity index (χ2n) is 6.49. The van der Waals surface area contributed by atoms with Crippen LogP contribution in [0.5, 0.6) is 5.75 Å². The lowest BCUT2D eigenvalue weighted by molar-refractivity contribution is -0.121. The molecule has 1 N–H and O–H groups in total. The van der Waals surface area contributed by atoms with Gasteiger partial charge in [-0.1, -0.05) is 0 Å². The van der Waals surface area contributed by atoms with Crippen LogP contribution < -0.4 is 15.0 Å². The fourth-order valence-corrected chi connectivity index (χ4v) is 3.85. The number of methoxy groups -OCH3 is 1. The van der Waals surface area contributed by atoms with E-state index in [1.165, 1.54) is 0 Å². The number of imide groups is 1. The first-order valence-electron chi connectivity index (χ1n) is 8.93. The minimum atomic E-state index is -0.391. The van der Waals surface area contributed by atoms with E-state index in [1.54, 1.807) is 42.7 Å². The zero-order valence-electron chi connectivity index (χ0n) is 15.6. The lowest BCUT2D eigenvalue weighted by Gasteiger charge is -2.21. The molecule has 0 aliphatic carbocycles. The minimum absolute atomic E-state index is 0.215. The van der Waals surface area contributed by atoms with Crippen LogP contribution in [0.15, 0.2) is 29.6 Å². The van der Waals surface area contributed by atoms with E-state index in [2.05, 4.69) is 25.5 Å². The molecule has 1 aliphatic heterocycles. The Morgan fingerprint density at radius 1 is 1.19 bits per heavy atom. The zero-order valence-corrected chi connectivity index (χ0v) is 16.4. The summed E-state index contributed by atoms with van der Waals surface area (Å²) in [5, 5.41) is 5.55. The highest BCUT2D eigenvalue weighted by Gasteiger charge is 2.20. The zero-order chi connectivity index (χ0) is 19.2. The Bertz CT molecular complexity index is 791. The van der Waals surface area contributed by atoms with Crippen LogP contribution in [0.2, 0.25) is 0 Å². The van der Waals surface area contributed by atoms with Crippen molar-refractivity contribution in [3.8, 4) is 5.75 Å². The molecule has 0 bridgehead atoms. The highest BCUT2D eigenvalue weighted by Crippen LogP contribution is 2.21. The number of nitrogens with one attached hydrogen (secondary N) is 1. The Balaban J connectivity index is 1.49. The number of aromatic nitrogens is 1. The van der Waals surface area contributed by atoms with Crippen LogP contribution in [0, 0.1) is 6.92 Å². The van der Waals surface area contributed by atoms with Gasteiger partial charge in [0.05, 0.1) is 19.3 Å². The molecule has 1 fully saturated rings. The molecule has 1 aromatic heterocycles. The molecule has 144 valence electrons. The molecule has 1 saturated heterocycles. The van der Waals surface area contributed by atoms with Gasteiger partial charge < -0.3 is 9.64 Å². The number of hydrogen-bond acceptors (Lipinski definition) is 7. The predicted octanol–water partition coefficient (Wildman–Crippen LogP) is 1.93. The van der Waals surface area contributed by atoms with Gasteiger partial charge in [0.1, 0.15) is 5.75 Å². The third-order valence-electron chi connectivity index (χ3n) is 4.44. The highest BCUT2D eigenvalue weighted by molar-refractivity contribution is 7.13. The third-order valence-corrected chi connectivity index (χ3v) is 5.46. The smallest absolute Gasteiger partial charge is 0.257 e. The second kappa shape index (κ2) is 8.96. The fourth-order valence-electron chi connectivity index (χ4n) is 2.99. The molecular weight excluding hydrogens is 364 g/mol. The Kier molecular flexibility index (Phi) is 6.41. The van der Waals surface area contributed by atoms with Gasteiger partial charge in [-0.25, -0.2) is 4.98 Å². The van der Waals surface area contributed by atoms with Gasteiger partial charge in [-0.05, 0) is 37.6 Å². The quantitative estimate of drug-likeness (QED) is 0.844. The maximum absolute atomic E-state index is 12.3. The van der Waals surface area contributed by atoms with Crippen LogP contribution in [0.4, 0.5) is 5.13 Å². The summed E-state index contributed by atoms with van der Waals surface area (Å²) in [4.78, 5) is 33.3. The van der Waals surface area contributed by atoms with Gasteiger partial charge in [-0.2, -0.15) is 0 Å². The number of hydrogen-bond donors (Lipinski definition) is 1. The Hall–Kier alpha value is -2.45. The van der Waals surface area contributed by atoms with Gasteiger partial charge in [0.15, 0.2) is 5.13 Å². The van der Waals surface area contributed by atoms with E-state index in [-0.39, 0.29) is 12.5 Å². The molecule has 8 heteroatoms. The summed E-state index contributed by atoms with van der Waals surface area (Å²) in [5.41, 5.74) is 1.47. The molecule has 0 saturated carbocycles. The first-order valence-corrected chi connectivity index (χ1v) is 9.81. The number of rotatable bonds is 5. The molecule has 0 spiro atoms. The summed E-state index contributed by atoms with van der Waals surface area (Å²) < 4.78 is 5.07. The minimum Gasteiger partial charge on any atom is -0.497 e. The number of benzene rings is 1. The van der Waals surface area contributed by atoms with Crippen molar-refractivity contribution in [2.75, 3.05) is 44.7 Å². The van der Waals surface area contributed by atoms with Crippen molar-refractivity contribution in [1.29, 1.82) is 0 Å². The number of ether oxygens (including phenoxy) is 1. The summed E-state index contributed by atoms with van der Waals surface area (Å²) in [6, 6.07) is 6.68. The normalized spacial score (nSPS) is 15.3. The maximum atomic E-state index is 12.3. The molecule has 2 amide bonds. The van der Waals surface area contributed by atoms with Crippen molar-refractivity contribution in [1.82, 2.24) is 15.2 Å². The summed E-state index contributed by atoms with van der Waals surface area (Å²) in [5.74, 6) is -0.00542. The van der Waals surface area contributed by atoms with Crippen molar-refractivity contribution in [2.24, 2.45) is 0 Å². The molecule has 2 heterocycles. The van der Waals surface area contributed by atoms with E-state index in [0.717, 1.165) is 43.4 Å². The third kappa shape index (κ3) is 5.27.